The number of nitrogens with zero attached hydrogens (tertiary/aromatic N) is 3. The largest absolute Gasteiger partial charge is 0.369 e. The molecule has 1 amide bonds. The van der Waals surface area contributed by atoms with E-state index >= 15 is 0 Å². The zero-order valence-electron chi connectivity index (χ0n) is 18.0. The molecule has 1 aromatic carbocycles. The van der Waals surface area contributed by atoms with Crippen LogP contribution in [0.1, 0.15) is 12.0 Å². The number of anilines is 4. The Balaban J connectivity index is 1.32. The lowest BCUT2D eigenvalue weighted by atomic mass is 9.88. The predicted octanol–water partition coefficient (Wildman–Crippen LogP) is 2.17. The van der Waals surface area contributed by atoms with Gasteiger partial charge in [0.15, 0.2) is 11.6 Å². The van der Waals surface area contributed by atoms with Crippen molar-refractivity contribution in [1.82, 2.24) is 15.3 Å². The lowest BCUT2D eigenvalue weighted by Crippen LogP contribution is -2.43. The fourth-order valence-corrected chi connectivity index (χ4v) is 5.22. The molecule has 2 bridgehead atoms. The van der Waals surface area contributed by atoms with E-state index in [2.05, 4.69) is 49.9 Å². The normalized spacial score (nSPS) is 26.4. The topological polar surface area (TPSA) is 108 Å². The Labute approximate surface area is 186 Å². The molecule has 5 rings (SSSR count). The average molecular weight is 438 g/mol. The minimum Gasteiger partial charge on any atom is -0.369 e. The highest BCUT2D eigenvalue weighted by atomic mass is 19.1. The molecule has 1 saturated heterocycles. The first-order chi connectivity index (χ1) is 15.5. The van der Waals surface area contributed by atoms with Gasteiger partial charge in [0, 0.05) is 43.6 Å². The van der Waals surface area contributed by atoms with Crippen molar-refractivity contribution in [3.8, 4) is 0 Å². The maximum Gasteiger partial charge on any atom is 0.229 e. The van der Waals surface area contributed by atoms with Crippen LogP contribution in [-0.2, 0) is 4.79 Å². The molecule has 3 unspecified atom stereocenters. The molecule has 3 aliphatic rings. The van der Waals surface area contributed by atoms with Crippen LogP contribution < -0.4 is 26.6 Å². The molecule has 0 radical (unpaired) electrons. The number of aromatic nitrogens is 2. The molecule has 8 nitrogen and oxygen atoms in total. The number of nitrogens with two attached hydrogens (primary N) is 1. The number of fused-ring (bicyclic) bond motifs is 2. The van der Waals surface area contributed by atoms with Gasteiger partial charge in [-0.05, 0) is 48.9 Å². The number of nitrogens with one attached hydrogen (secondary N) is 3. The molecule has 2 aromatic rings. The Morgan fingerprint density at radius 2 is 2.03 bits per heavy atom. The molecule has 168 valence electrons. The maximum absolute atomic E-state index is 14.5. The zero-order valence-corrected chi connectivity index (χ0v) is 18.0. The molecule has 2 heterocycles. The minimum atomic E-state index is -0.559. The molecule has 4 atom stereocenters. The summed E-state index contributed by atoms with van der Waals surface area (Å²) in [6, 6.07) is 5.85. The van der Waals surface area contributed by atoms with E-state index in [1.54, 1.807) is 0 Å². The summed E-state index contributed by atoms with van der Waals surface area (Å²) in [6.07, 6.45) is 6.10. The number of hydrogen-bond acceptors (Lipinski definition) is 7. The number of aryl methyl sites for hydroxylation is 1. The second-order valence-electron chi connectivity index (χ2n) is 8.80. The van der Waals surface area contributed by atoms with Crippen molar-refractivity contribution in [2.45, 2.75) is 19.4 Å². The van der Waals surface area contributed by atoms with Gasteiger partial charge in [-0.1, -0.05) is 12.2 Å². The van der Waals surface area contributed by atoms with Gasteiger partial charge in [-0.3, -0.25) is 4.79 Å². The second kappa shape index (κ2) is 8.38. The molecule has 2 aliphatic carbocycles. The van der Waals surface area contributed by atoms with E-state index in [0.29, 0.717) is 0 Å². The Morgan fingerprint density at radius 3 is 2.78 bits per heavy atom. The lowest BCUT2D eigenvalue weighted by molar-refractivity contribution is -0.122. The SMILES string of the molecule is Cc1cc(Nc2ncc(F)c(NC3C4C=CC(C4)[C@@H]3C(N)=O)n2)ccc1N1CCNCC1. The summed E-state index contributed by atoms with van der Waals surface area (Å²) in [5.74, 6) is -0.677. The van der Waals surface area contributed by atoms with Crippen LogP contribution in [0.25, 0.3) is 0 Å². The zero-order chi connectivity index (χ0) is 22.2. The third kappa shape index (κ3) is 3.88. The summed E-state index contributed by atoms with van der Waals surface area (Å²) in [5, 5.41) is 9.67. The smallest absolute Gasteiger partial charge is 0.229 e. The van der Waals surface area contributed by atoms with Crippen LogP contribution in [0.15, 0.2) is 36.5 Å². The van der Waals surface area contributed by atoms with E-state index in [0.717, 1.165) is 50.0 Å². The highest BCUT2D eigenvalue weighted by Gasteiger charge is 2.47. The summed E-state index contributed by atoms with van der Waals surface area (Å²) in [6.45, 7) is 6.00. The predicted molar refractivity (Wildman–Crippen MR) is 122 cm³/mol. The van der Waals surface area contributed by atoms with Gasteiger partial charge in [-0.15, -0.1) is 0 Å². The first kappa shape index (κ1) is 20.7. The van der Waals surface area contributed by atoms with Crippen molar-refractivity contribution in [2.24, 2.45) is 23.5 Å². The maximum atomic E-state index is 14.5. The van der Waals surface area contributed by atoms with E-state index in [-0.39, 0.29) is 41.5 Å². The van der Waals surface area contributed by atoms with Crippen molar-refractivity contribution in [1.29, 1.82) is 0 Å². The van der Waals surface area contributed by atoms with E-state index in [1.165, 1.54) is 5.69 Å². The highest BCUT2D eigenvalue weighted by molar-refractivity contribution is 5.79. The van der Waals surface area contributed by atoms with Crippen molar-refractivity contribution in [3.05, 3.63) is 47.9 Å². The molecular formula is C23H28FN7O. The fraction of sp³-hybridized carbons (Fsp3) is 0.435. The van der Waals surface area contributed by atoms with Crippen LogP contribution in [0.3, 0.4) is 0 Å². The fourth-order valence-electron chi connectivity index (χ4n) is 5.22. The Morgan fingerprint density at radius 1 is 1.25 bits per heavy atom. The first-order valence-corrected chi connectivity index (χ1v) is 11.1. The third-order valence-corrected chi connectivity index (χ3v) is 6.75. The number of amides is 1. The van der Waals surface area contributed by atoms with Gasteiger partial charge in [0.05, 0.1) is 12.1 Å². The number of piperazine rings is 1. The molecule has 2 fully saturated rings. The number of carbonyl (C=O) groups excluding carboxylic acids is 1. The Hall–Kier alpha value is -3.20. The van der Waals surface area contributed by atoms with Gasteiger partial charge in [-0.2, -0.15) is 4.98 Å². The van der Waals surface area contributed by atoms with Crippen molar-refractivity contribution in [2.75, 3.05) is 41.7 Å². The summed E-state index contributed by atoms with van der Waals surface area (Å²) >= 11 is 0. The number of benzene rings is 1. The van der Waals surface area contributed by atoms with Crippen LogP contribution in [0, 0.1) is 30.5 Å². The van der Waals surface area contributed by atoms with E-state index in [9.17, 15) is 9.18 Å². The number of halogens is 1. The molecule has 1 saturated carbocycles. The molecule has 0 spiro atoms. The summed E-state index contributed by atoms with van der Waals surface area (Å²) in [5.41, 5.74) is 8.81. The molecule has 1 aromatic heterocycles. The van der Waals surface area contributed by atoms with Gasteiger partial charge in [0.1, 0.15) is 0 Å². The molecule has 32 heavy (non-hydrogen) atoms. The first-order valence-electron chi connectivity index (χ1n) is 11.1. The van der Waals surface area contributed by atoms with Crippen LogP contribution in [-0.4, -0.2) is 48.1 Å². The van der Waals surface area contributed by atoms with Gasteiger partial charge in [0.25, 0.3) is 0 Å². The third-order valence-electron chi connectivity index (χ3n) is 6.75. The summed E-state index contributed by atoms with van der Waals surface area (Å²) in [7, 11) is 0. The quantitative estimate of drug-likeness (QED) is 0.513. The lowest BCUT2D eigenvalue weighted by Gasteiger charge is -2.31. The number of hydrogen-bond donors (Lipinski definition) is 4. The number of allylic oxidation sites excluding steroid dienone is 1. The van der Waals surface area contributed by atoms with Crippen LogP contribution in [0.4, 0.5) is 27.5 Å². The standard InChI is InChI=1S/C23H28FN7O/c1-13-10-16(4-5-18(13)31-8-6-26-7-9-31)28-23-27-12-17(24)22(30-23)29-20-15-3-2-14(11-15)19(20)21(25)32/h2-5,10,12,14-15,19-20,26H,6-9,11H2,1H3,(H2,25,32)(H2,27,28,29,30)/t14?,15?,19-,20?/m0/s1. The van der Waals surface area contributed by atoms with Crippen molar-refractivity contribution < 1.29 is 9.18 Å². The van der Waals surface area contributed by atoms with Crippen molar-refractivity contribution >= 4 is 29.0 Å². The van der Waals surface area contributed by atoms with E-state index in [4.69, 9.17) is 5.73 Å². The van der Waals surface area contributed by atoms with Crippen LogP contribution >= 0.6 is 0 Å². The minimum absolute atomic E-state index is 0.0776. The average Bonchev–Trinajstić information content (AvgIpc) is 3.38. The van der Waals surface area contributed by atoms with Crippen LogP contribution in [0.2, 0.25) is 0 Å². The van der Waals surface area contributed by atoms with Crippen molar-refractivity contribution in [3.63, 3.8) is 0 Å². The van der Waals surface area contributed by atoms with E-state index in [1.807, 2.05) is 18.2 Å². The Bertz CT molecular complexity index is 1050. The Kier molecular flexibility index (Phi) is 5.42. The molecule has 9 heteroatoms. The van der Waals surface area contributed by atoms with Crippen LogP contribution in [0.5, 0.6) is 0 Å². The second-order valence-corrected chi connectivity index (χ2v) is 8.80. The van der Waals surface area contributed by atoms with Gasteiger partial charge in [-0.25, -0.2) is 9.37 Å². The van der Waals surface area contributed by atoms with Gasteiger partial charge >= 0.3 is 0 Å². The number of rotatable bonds is 6. The summed E-state index contributed by atoms with van der Waals surface area (Å²) in [4.78, 5) is 22.8. The summed E-state index contributed by atoms with van der Waals surface area (Å²) < 4.78 is 14.5. The number of primary amides is 1. The highest BCUT2D eigenvalue weighted by Crippen LogP contribution is 2.44. The molecule has 1 aliphatic heterocycles. The molecular weight excluding hydrogens is 409 g/mol. The molecule has 5 N–H and O–H groups in total. The number of carbonyl (C=O) groups is 1. The van der Waals surface area contributed by atoms with Gasteiger partial charge in [0.2, 0.25) is 11.9 Å². The van der Waals surface area contributed by atoms with E-state index < -0.39 is 5.82 Å². The monoisotopic (exact) mass is 437 g/mol. The van der Waals surface area contributed by atoms with Gasteiger partial charge < -0.3 is 26.6 Å².